The van der Waals surface area contributed by atoms with Gasteiger partial charge in [0.25, 0.3) is 0 Å². The first-order chi connectivity index (χ1) is 9.76. The molecule has 2 heterocycles. The van der Waals surface area contributed by atoms with Crippen LogP contribution in [0.4, 0.5) is 0 Å². The van der Waals surface area contributed by atoms with Crippen LogP contribution in [-0.4, -0.2) is 15.2 Å². The van der Waals surface area contributed by atoms with Crippen LogP contribution in [-0.2, 0) is 6.42 Å². The minimum Gasteiger partial charge on any atom is -0.228 e. The maximum absolute atomic E-state index is 6.14. The zero-order valence-corrected chi connectivity index (χ0v) is 14.0. The molecule has 0 saturated heterocycles. The first kappa shape index (κ1) is 14.3. The van der Waals surface area contributed by atoms with E-state index in [0.717, 1.165) is 36.7 Å². The van der Waals surface area contributed by atoms with E-state index < -0.39 is 0 Å². The quantitative estimate of drug-likeness (QED) is 0.631. The lowest BCUT2D eigenvalue weighted by Crippen LogP contribution is -1.81. The van der Waals surface area contributed by atoms with Gasteiger partial charge in [0.15, 0.2) is 8.68 Å². The Morgan fingerprint density at radius 3 is 2.90 bits per heavy atom. The Labute approximate surface area is 134 Å². The van der Waals surface area contributed by atoms with E-state index in [1.807, 2.05) is 18.2 Å². The third-order valence-corrected chi connectivity index (χ3v) is 6.14. The molecule has 0 aliphatic heterocycles. The number of thiazole rings is 1. The Morgan fingerprint density at radius 2 is 2.10 bits per heavy atom. The minimum absolute atomic E-state index is 0.700. The normalized spacial score (nSPS) is 11.3. The Balaban J connectivity index is 1.79. The predicted octanol–water partition coefficient (Wildman–Crippen LogP) is 5.30. The molecule has 0 aliphatic rings. The van der Waals surface area contributed by atoms with Gasteiger partial charge in [0.1, 0.15) is 10.5 Å². The Morgan fingerprint density at radius 1 is 1.20 bits per heavy atom. The van der Waals surface area contributed by atoms with E-state index in [2.05, 4.69) is 22.1 Å². The smallest absolute Gasteiger partial charge is 0.181 e. The van der Waals surface area contributed by atoms with E-state index >= 15 is 0 Å². The van der Waals surface area contributed by atoms with E-state index in [9.17, 15) is 0 Å². The van der Waals surface area contributed by atoms with Gasteiger partial charge in [-0.15, -0.1) is 21.5 Å². The molecule has 2 aromatic heterocycles. The van der Waals surface area contributed by atoms with Crippen LogP contribution >= 0.6 is 46.0 Å². The number of benzene rings is 1. The molecule has 0 unspecified atom stereocenters. The van der Waals surface area contributed by atoms with E-state index in [1.54, 1.807) is 34.4 Å². The van der Waals surface area contributed by atoms with Gasteiger partial charge < -0.3 is 0 Å². The van der Waals surface area contributed by atoms with Crippen molar-refractivity contribution >= 4 is 56.3 Å². The molecule has 0 atom stereocenters. The highest BCUT2D eigenvalue weighted by molar-refractivity contribution is 8.02. The van der Waals surface area contributed by atoms with Gasteiger partial charge in [-0.25, -0.2) is 4.98 Å². The van der Waals surface area contributed by atoms with Gasteiger partial charge in [-0.1, -0.05) is 42.3 Å². The maximum atomic E-state index is 6.14. The lowest BCUT2D eigenvalue weighted by Gasteiger charge is -1.89. The van der Waals surface area contributed by atoms with Crippen LogP contribution < -0.4 is 0 Å². The number of hydrogen-bond donors (Lipinski definition) is 0. The van der Waals surface area contributed by atoms with Gasteiger partial charge >= 0.3 is 0 Å². The molecule has 1 aromatic carbocycles. The molecule has 0 saturated carbocycles. The second-order valence-corrected chi connectivity index (χ2v) is 8.23. The fourth-order valence-corrected chi connectivity index (χ4v) is 5.22. The average molecular weight is 342 g/mol. The van der Waals surface area contributed by atoms with E-state index in [1.165, 1.54) is 6.42 Å². The van der Waals surface area contributed by atoms with Crippen molar-refractivity contribution in [2.75, 3.05) is 0 Å². The van der Waals surface area contributed by atoms with E-state index in [0.29, 0.717) is 5.02 Å². The molecule has 20 heavy (non-hydrogen) atoms. The molecule has 3 rings (SSSR count). The SMILES string of the molecule is CCCCc1nnc(Sc2nc3c(Cl)cccc3s2)s1. The Kier molecular flexibility index (Phi) is 4.55. The average Bonchev–Trinajstić information content (AvgIpc) is 3.04. The summed E-state index contributed by atoms with van der Waals surface area (Å²) in [6.07, 6.45) is 3.36. The number of fused-ring (bicyclic) bond motifs is 1. The monoisotopic (exact) mass is 341 g/mol. The number of rotatable bonds is 5. The second-order valence-electron chi connectivity index (χ2n) is 4.23. The highest BCUT2D eigenvalue weighted by Crippen LogP contribution is 2.37. The van der Waals surface area contributed by atoms with Gasteiger partial charge in [-0.2, -0.15) is 0 Å². The minimum atomic E-state index is 0.700. The van der Waals surface area contributed by atoms with Gasteiger partial charge in [0.2, 0.25) is 0 Å². The molecule has 3 aromatic rings. The Hall–Kier alpha value is -0.690. The van der Waals surface area contributed by atoms with Gasteiger partial charge in [-0.05, 0) is 30.3 Å². The summed E-state index contributed by atoms with van der Waals surface area (Å²) in [6.45, 7) is 2.18. The first-order valence-corrected chi connectivity index (χ1v) is 9.14. The highest BCUT2D eigenvalue weighted by atomic mass is 35.5. The lowest BCUT2D eigenvalue weighted by molar-refractivity contribution is 0.777. The van der Waals surface area contributed by atoms with Crippen molar-refractivity contribution in [1.29, 1.82) is 0 Å². The number of halogens is 1. The summed E-state index contributed by atoms with van der Waals surface area (Å²) in [4.78, 5) is 4.57. The predicted molar refractivity (Wildman–Crippen MR) is 87.3 cm³/mol. The molecule has 0 fully saturated rings. The van der Waals surface area contributed by atoms with Crippen LogP contribution in [0.15, 0.2) is 26.9 Å². The number of unbranched alkanes of at least 4 members (excludes halogenated alkanes) is 1. The number of para-hydroxylation sites is 1. The molecule has 0 spiro atoms. The first-order valence-electron chi connectivity index (χ1n) is 6.31. The summed E-state index contributed by atoms with van der Waals surface area (Å²) >= 11 is 11.0. The number of aromatic nitrogens is 3. The standard InChI is InChI=1S/C13H12ClN3S3/c1-2-3-7-10-16-17-13(19-10)20-12-15-11-8(14)5-4-6-9(11)18-12/h4-6H,2-3,7H2,1H3. The molecule has 104 valence electrons. The van der Waals surface area contributed by atoms with Crippen molar-refractivity contribution in [2.45, 2.75) is 34.9 Å². The molecule has 0 amide bonds. The molecule has 0 radical (unpaired) electrons. The summed E-state index contributed by atoms with van der Waals surface area (Å²) in [7, 11) is 0. The van der Waals surface area contributed by atoms with Gasteiger partial charge in [0.05, 0.1) is 9.72 Å². The fourth-order valence-electron chi connectivity index (χ4n) is 1.72. The zero-order valence-electron chi connectivity index (χ0n) is 10.8. The summed E-state index contributed by atoms with van der Waals surface area (Å²) in [5.41, 5.74) is 0.873. The van der Waals surface area contributed by atoms with Crippen molar-refractivity contribution in [3.05, 3.63) is 28.2 Å². The van der Waals surface area contributed by atoms with Crippen LogP contribution in [0.5, 0.6) is 0 Å². The molecular formula is C13H12ClN3S3. The fraction of sp³-hybridized carbons (Fsp3) is 0.308. The van der Waals surface area contributed by atoms with Gasteiger partial charge in [0, 0.05) is 6.42 Å². The molecule has 0 bridgehead atoms. The van der Waals surface area contributed by atoms with Crippen molar-refractivity contribution < 1.29 is 0 Å². The summed E-state index contributed by atoms with van der Waals surface area (Å²) < 4.78 is 3.02. The molecule has 3 nitrogen and oxygen atoms in total. The van der Waals surface area contributed by atoms with Crippen LogP contribution in [0.25, 0.3) is 10.2 Å². The van der Waals surface area contributed by atoms with Crippen molar-refractivity contribution in [3.63, 3.8) is 0 Å². The molecular weight excluding hydrogens is 330 g/mol. The van der Waals surface area contributed by atoms with Crippen molar-refractivity contribution in [1.82, 2.24) is 15.2 Å². The third kappa shape index (κ3) is 3.14. The zero-order chi connectivity index (χ0) is 13.9. The second kappa shape index (κ2) is 6.39. The van der Waals surface area contributed by atoms with Crippen molar-refractivity contribution in [2.24, 2.45) is 0 Å². The van der Waals surface area contributed by atoms with Gasteiger partial charge in [-0.3, -0.25) is 0 Å². The highest BCUT2D eigenvalue weighted by Gasteiger charge is 2.11. The van der Waals surface area contributed by atoms with Crippen LogP contribution in [0.3, 0.4) is 0 Å². The molecule has 0 N–H and O–H groups in total. The lowest BCUT2D eigenvalue weighted by atomic mass is 10.3. The van der Waals surface area contributed by atoms with E-state index in [-0.39, 0.29) is 0 Å². The number of hydrogen-bond acceptors (Lipinski definition) is 6. The number of nitrogens with zero attached hydrogens (tertiary/aromatic N) is 3. The summed E-state index contributed by atoms with van der Waals surface area (Å²) in [6, 6.07) is 5.85. The molecule has 7 heteroatoms. The van der Waals surface area contributed by atoms with Crippen LogP contribution in [0.2, 0.25) is 5.02 Å². The third-order valence-electron chi connectivity index (χ3n) is 2.72. The largest absolute Gasteiger partial charge is 0.228 e. The summed E-state index contributed by atoms with van der Waals surface area (Å²) in [5, 5.41) is 10.2. The topological polar surface area (TPSA) is 38.7 Å². The number of aryl methyl sites for hydroxylation is 1. The van der Waals surface area contributed by atoms with Crippen LogP contribution in [0, 0.1) is 0 Å². The van der Waals surface area contributed by atoms with Crippen molar-refractivity contribution in [3.8, 4) is 0 Å². The maximum Gasteiger partial charge on any atom is 0.181 e. The molecule has 0 aliphatic carbocycles. The Bertz CT molecular complexity index is 723. The van der Waals surface area contributed by atoms with Crippen LogP contribution in [0.1, 0.15) is 24.8 Å². The summed E-state index contributed by atoms with van der Waals surface area (Å²) in [5.74, 6) is 0. The van der Waals surface area contributed by atoms with E-state index in [4.69, 9.17) is 11.6 Å².